The Labute approximate surface area is 149 Å². The van der Waals surface area contributed by atoms with Crippen LogP contribution in [0.3, 0.4) is 0 Å². The summed E-state index contributed by atoms with van der Waals surface area (Å²) in [6.07, 6.45) is 5.65. The van der Waals surface area contributed by atoms with Crippen molar-refractivity contribution in [2.24, 2.45) is 0 Å². The number of nitrogens with zero attached hydrogens (tertiary/aromatic N) is 2. The van der Waals surface area contributed by atoms with Crippen molar-refractivity contribution in [2.75, 3.05) is 26.7 Å². The molecule has 0 aliphatic heterocycles. The van der Waals surface area contributed by atoms with Crippen LogP contribution in [0.1, 0.15) is 67.2 Å². The second-order valence-electron chi connectivity index (χ2n) is 7.67. The normalized spacial score (nSPS) is 12.1. The van der Waals surface area contributed by atoms with Gasteiger partial charge in [-0.05, 0) is 0 Å². The van der Waals surface area contributed by atoms with Gasteiger partial charge in [-0.15, -0.1) is 0 Å². The van der Waals surface area contributed by atoms with E-state index in [9.17, 15) is 0 Å². The quantitative estimate of drug-likeness (QED) is 0.389. The second-order valence-corrected chi connectivity index (χ2v) is 17.6. The summed E-state index contributed by atoms with van der Waals surface area (Å²) in [6, 6.07) is 1.39. The van der Waals surface area contributed by atoms with E-state index in [1.54, 1.807) is 12.5 Å². The van der Waals surface area contributed by atoms with Crippen molar-refractivity contribution in [2.45, 2.75) is 91.8 Å². The molecule has 0 aromatic heterocycles. The van der Waals surface area contributed by atoms with Crippen LogP contribution in [0, 0.1) is 0 Å². The average Bonchev–Trinajstić information content (AvgIpc) is 2.42. The van der Waals surface area contributed by atoms with Gasteiger partial charge in [0, 0.05) is 0 Å². The summed E-state index contributed by atoms with van der Waals surface area (Å²) < 4.78 is 4.89. The van der Waals surface area contributed by atoms with Gasteiger partial charge in [0.25, 0.3) is 0 Å². The molecule has 0 radical (unpaired) electrons. The van der Waals surface area contributed by atoms with Gasteiger partial charge in [0.05, 0.1) is 0 Å². The predicted molar refractivity (Wildman–Crippen MR) is 104 cm³/mol. The average molecular weight is 414 g/mol. The molecule has 132 valence electrons. The van der Waals surface area contributed by atoms with E-state index in [0.717, 1.165) is 0 Å². The molecule has 0 fully saturated rings. The van der Waals surface area contributed by atoms with Crippen LogP contribution in [0.2, 0.25) is 12.5 Å². The third kappa shape index (κ3) is 11.3. The van der Waals surface area contributed by atoms with Gasteiger partial charge in [-0.3, -0.25) is 0 Å². The molecule has 0 saturated carbocycles. The first-order chi connectivity index (χ1) is 10.4. The molecule has 3 heteroatoms. The van der Waals surface area contributed by atoms with Crippen LogP contribution in [0.25, 0.3) is 0 Å². The molecule has 0 spiro atoms. The van der Waals surface area contributed by atoms with Crippen LogP contribution in [0.15, 0.2) is 0 Å². The molecule has 0 aliphatic rings. The van der Waals surface area contributed by atoms with Crippen molar-refractivity contribution in [3.8, 4) is 0 Å². The fourth-order valence-electron chi connectivity index (χ4n) is 3.66. The number of rotatable bonds is 14. The van der Waals surface area contributed by atoms with Gasteiger partial charge in [-0.2, -0.15) is 0 Å². The first kappa shape index (κ1) is 22.8. The van der Waals surface area contributed by atoms with Crippen LogP contribution >= 0.6 is 0 Å². The molecule has 0 unspecified atom stereocenters. The van der Waals surface area contributed by atoms with Crippen molar-refractivity contribution < 1.29 is 0 Å². The SMILES string of the molecule is CCCN(C)CC[CH2][In]([CH2]CC)[CH2]CCN(C(C)C)C(C)C. The minimum absolute atomic E-state index is 0.697. The van der Waals surface area contributed by atoms with Gasteiger partial charge in [0.15, 0.2) is 0 Å². The van der Waals surface area contributed by atoms with Crippen molar-refractivity contribution in [1.29, 1.82) is 0 Å². The topological polar surface area (TPSA) is 6.48 Å². The zero-order chi connectivity index (χ0) is 17.0. The van der Waals surface area contributed by atoms with E-state index in [0.29, 0.717) is 12.1 Å². The van der Waals surface area contributed by atoms with E-state index in [-0.39, 0.29) is 0 Å². The molecule has 0 saturated heterocycles. The first-order valence-electron chi connectivity index (χ1n) is 9.86. The van der Waals surface area contributed by atoms with E-state index >= 15 is 0 Å². The fourth-order valence-corrected chi connectivity index (χ4v) is 12.8. The molecule has 0 N–H and O–H groups in total. The second kappa shape index (κ2) is 14.2. The molecule has 0 aliphatic carbocycles. The molecule has 0 aromatic rings. The minimum atomic E-state index is -1.22. The van der Waals surface area contributed by atoms with Gasteiger partial charge in [0.2, 0.25) is 0 Å². The zero-order valence-electron chi connectivity index (χ0n) is 16.7. The van der Waals surface area contributed by atoms with Crippen LogP contribution in [0.4, 0.5) is 0 Å². The maximum absolute atomic E-state index is 2.67. The Morgan fingerprint density at radius 1 is 0.727 bits per heavy atom. The standard InChI is InChI=1S/C9H20N.C7H16N.C3H7.In/c1-6-7-10(8(2)3)9(4)5;1-4-6-8(3)7-5-2;1-3-2;/h8-9H,1,6-7H2,2-5H3;1,4-7H2,2-3H3;1,3H2,2H3;. The number of hydrogen-bond acceptors (Lipinski definition) is 2. The monoisotopic (exact) mass is 414 g/mol. The molecule has 0 atom stereocenters. The molecular formula is C19H43InN2. The summed E-state index contributed by atoms with van der Waals surface area (Å²) in [7, 11) is 2.29. The van der Waals surface area contributed by atoms with Crippen LogP contribution in [-0.2, 0) is 0 Å². The number of hydrogen-bond donors (Lipinski definition) is 0. The maximum atomic E-state index is 2.67. The summed E-state index contributed by atoms with van der Waals surface area (Å²) >= 11 is -1.22. The van der Waals surface area contributed by atoms with Gasteiger partial charge < -0.3 is 0 Å². The van der Waals surface area contributed by atoms with E-state index in [1.807, 2.05) is 0 Å². The summed E-state index contributed by atoms with van der Waals surface area (Å²) in [5.41, 5.74) is 0. The third-order valence-electron chi connectivity index (χ3n) is 4.81. The van der Waals surface area contributed by atoms with E-state index in [4.69, 9.17) is 0 Å². The Morgan fingerprint density at radius 3 is 1.73 bits per heavy atom. The van der Waals surface area contributed by atoms with Crippen molar-refractivity contribution >= 4 is 21.4 Å². The van der Waals surface area contributed by atoms with Crippen molar-refractivity contribution in [1.82, 2.24) is 9.80 Å². The third-order valence-corrected chi connectivity index (χ3v) is 15.8. The fraction of sp³-hybridized carbons (Fsp3) is 1.00. The van der Waals surface area contributed by atoms with Gasteiger partial charge in [-0.25, -0.2) is 0 Å². The Balaban J connectivity index is 4.02. The summed E-state index contributed by atoms with van der Waals surface area (Å²) in [5, 5.41) is 0. The van der Waals surface area contributed by atoms with Crippen LogP contribution < -0.4 is 0 Å². The summed E-state index contributed by atoms with van der Waals surface area (Å²) in [4.78, 5) is 5.19. The molecule has 22 heavy (non-hydrogen) atoms. The van der Waals surface area contributed by atoms with E-state index < -0.39 is 21.4 Å². The Hall–Kier alpha value is 0.790. The summed E-state index contributed by atoms with van der Waals surface area (Å²) in [6.45, 7) is 18.0. The van der Waals surface area contributed by atoms with Crippen LogP contribution in [0.5, 0.6) is 0 Å². The molecule has 0 rings (SSSR count). The van der Waals surface area contributed by atoms with Crippen molar-refractivity contribution in [3.63, 3.8) is 0 Å². The van der Waals surface area contributed by atoms with Gasteiger partial charge >= 0.3 is 150 Å². The van der Waals surface area contributed by atoms with E-state index in [1.165, 1.54) is 45.3 Å². The Morgan fingerprint density at radius 2 is 1.27 bits per heavy atom. The summed E-state index contributed by atoms with van der Waals surface area (Å²) in [5.74, 6) is 0. The van der Waals surface area contributed by atoms with Crippen molar-refractivity contribution in [3.05, 3.63) is 0 Å². The molecule has 0 heterocycles. The molecular weight excluding hydrogens is 371 g/mol. The first-order valence-corrected chi connectivity index (χ1v) is 16.9. The molecule has 0 aromatic carbocycles. The zero-order valence-corrected chi connectivity index (χ0v) is 20.0. The molecule has 0 bridgehead atoms. The van der Waals surface area contributed by atoms with Gasteiger partial charge in [0.1, 0.15) is 0 Å². The van der Waals surface area contributed by atoms with Crippen LogP contribution in [-0.4, -0.2) is 70.0 Å². The Kier molecular flexibility index (Phi) is 14.7. The molecule has 2 nitrogen and oxygen atoms in total. The van der Waals surface area contributed by atoms with E-state index in [2.05, 4.69) is 58.4 Å². The molecule has 0 amide bonds. The van der Waals surface area contributed by atoms with Gasteiger partial charge in [-0.1, -0.05) is 0 Å². The predicted octanol–water partition coefficient (Wildman–Crippen LogP) is 5.13. The Bertz CT molecular complexity index is 236.